The van der Waals surface area contributed by atoms with Crippen molar-refractivity contribution in [3.05, 3.63) is 29.8 Å². The van der Waals surface area contributed by atoms with Gasteiger partial charge >= 0.3 is 0 Å². The van der Waals surface area contributed by atoms with E-state index in [9.17, 15) is 17.6 Å². The minimum atomic E-state index is -2.97. The lowest BCUT2D eigenvalue weighted by Gasteiger charge is -2.30. The van der Waals surface area contributed by atoms with E-state index < -0.39 is 16.0 Å². The average Bonchev–Trinajstić information content (AvgIpc) is 2.98. The Morgan fingerprint density at radius 3 is 2.60 bits per heavy atom. The Morgan fingerprint density at radius 2 is 1.96 bits per heavy atom. The number of carbonyl (C=O) groups is 1. The van der Waals surface area contributed by atoms with Crippen LogP contribution >= 0.6 is 12.4 Å². The van der Waals surface area contributed by atoms with Gasteiger partial charge in [-0.3, -0.25) is 4.79 Å². The summed E-state index contributed by atoms with van der Waals surface area (Å²) in [6, 6.07) is 7.13. The van der Waals surface area contributed by atoms with Crippen molar-refractivity contribution >= 4 is 33.8 Å². The van der Waals surface area contributed by atoms with Crippen molar-refractivity contribution in [3.8, 4) is 0 Å². The second-order valence-electron chi connectivity index (χ2n) is 6.30. The summed E-state index contributed by atoms with van der Waals surface area (Å²) in [6.45, 7) is 1.49. The van der Waals surface area contributed by atoms with Gasteiger partial charge in [-0.1, -0.05) is 12.1 Å². The highest BCUT2D eigenvalue weighted by Gasteiger charge is 2.26. The molecule has 140 valence electrons. The van der Waals surface area contributed by atoms with Crippen LogP contribution in [0.3, 0.4) is 0 Å². The topological polar surface area (TPSA) is 78.5 Å². The fourth-order valence-electron chi connectivity index (χ4n) is 3.13. The van der Waals surface area contributed by atoms with E-state index in [0.717, 1.165) is 5.69 Å². The molecule has 6 nitrogen and oxygen atoms in total. The van der Waals surface area contributed by atoms with Crippen LogP contribution in [-0.4, -0.2) is 64.2 Å². The molecule has 3 rings (SSSR count). The zero-order chi connectivity index (χ0) is 17.2. The lowest BCUT2D eigenvalue weighted by atomic mass is 10.1. The van der Waals surface area contributed by atoms with Crippen LogP contribution in [0.15, 0.2) is 24.3 Å². The fraction of sp³-hybridized carbons (Fsp3) is 0.562. The number of halogens is 2. The molecule has 1 aromatic carbocycles. The Kier molecular flexibility index (Phi) is 6.65. The molecule has 2 N–H and O–H groups in total. The van der Waals surface area contributed by atoms with Gasteiger partial charge in [0.2, 0.25) is 0 Å². The van der Waals surface area contributed by atoms with Crippen LogP contribution in [0.4, 0.5) is 10.1 Å². The largest absolute Gasteiger partial charge is 0.369 e. The first-order chi connectivity index (χ1) is 11.4. The zero-order valence-corrected chi connectivity index (χ0v) is 15.4. The summed E-state index contributed by atoms with van der Waals surface area (Å²) in [5.74, 6) is -0.0113. The number of hydrogen-bond acceptors (Lipinski definition) is 5. The predicted molar refractivity (Wildman–Crippen MR) is 98.2 cm³/mol. The molecule has 0 spiro atoms. The van der Waals surface area contributed by atoms with Crippen LogP contribution in [-0.2, 0) is 9.84 Å². The van der Waals surface area contributed by atoms with Gasteiger partial charge in [-0.15, -0.1) is 12.4 Å². The van der Waals surface area contributed by atoms with Gasteiger partial charge in [0, 0.05) is 37.9 Å². The van der Waals surface area contributed by atoms with Crippen LogP contribution in [0.2, 0.25) is 0 Å². The van der Waals surface area contributed by atoms with Gasteiger partial charge in [-0.05, 0) is 18.6 Å². The molecule has 2 saturated heterocycles. The number of alkyl halides is 1. The lowest BCUT2D eigenvalue weighted by Crippen LogP contribution is -2.42. The molecule has 1 aromatic rings. The molecule has 0 aliphatic carbocycles. The summed E-state index contributed by atoms with van der Waals surface area (Å²) < 4.78 is 36.3. The van der Waals surface area contributed by atoms with Crippen molar-refractivity contribution in [2.24, 2.45) is 0 Å². The Balaban J connectivity index is 0.00000225. The van der Waals surface area contributed by atoms with Crippen LogP contribution in [0.5, 0.6) is 0 Å². The summed E-state index contributed by atoms with van der Waals surface area (Å²) >= 11 is 0. The highest BCUT2D eigenvalue weighted by molar-refractivity contribution is 7.91. The molecule has 0 saturated carbocycles. The molecule has 0 aromatic heterocycles. The Morgan fingerprint density at radius 1 is 1.28 bits per heavy atom. The Hall–Kier alpha value is -1.38. The average molecular weight is 392 g/mol. The number of nitrogens with one attached hydrogen (secondary N) is 2. The summed E-state index contributed by atoms with van der Waals surface area (Å²) in [5.41, 5.74) is 1.26. The molecule has 1 amide bonds. The van der Waals surface area contributed by atoms with Gasteiger partial charge < -0.3 is 15.5 Å². The third-order valence-electron chi connectivity index (χ3n) is 4.51. The van der Waals surface area contributed by atoms with Crippen molar-refractivity contribution in [2.75, 3.05) is 42.6 Å². The first-order valence-corrected chi connectivity index (χ1v) is 9.97. The highest BCUT2D eigenvalue weighted by atomic mass is 35.5. The number of rotatable bonds is 4. The summed E-state index contributed by atoms with van der Waals surface area (Å²) in [6.07, 6.45) is -0.444. The number of anilines is 1. The maximum absolute atomic E-state index is 13.2. The van der Waals surface area contributed by atoms with Gasteiger partial charge in [0.15, 0.2) is 9.84 Å². The molecule has 2 fully saturated rings. The van der Waals surface area contributed by atoms with Crippen molar-refractivity contribution < 1.29 is 17.6 Å². The van der Waals surface area contributed by atoms with Crippen molar-refractivity contribution in [1.29, 1.82) is 0 Å². The van der Waals surface area contributed by atoms with E-state index in [1.807, 2.05) is 17.0 Å². The quantitative estimate of drug-likeness (QED) is 0.792. The van der Waals surface area contributed by atoms with E-state index in [0.29, 0.717) is 38.2 Å². The molecule has 0 bridgehead atoms. The third-order valence-corrected chi connectivity index (χ3v) is 6.12. The van der Waals surface area contributed by atoms with Gasteiger partial charge in [0.05, 0.1) is 17.1 Å². The van der Waals surface area contributed by atoms with Gasteiger partial charge in [0.25, 0.3) is 5.91 Å². The second kappa shape index (κ2) is 8.33. The molecule has 25 heavy (non-hydrogen) atoms. The highest BCUT2D eigenvalue weighted by Crippen LogP contribution is 2.22. The van der Waals surface area contributed by atoms with Crippen LogP contribution in [0.1, 0.15) is 16.8 Å². The smallest absolute Gasteiger partial charge is 0.253 e. The molecule has 2 heterocycles. The number of benzene rings is 1. The van der Waals surface area contributed by atoms with Crippen molar-refractivity contribution in [1.82, 2.24) is 10.6 Å². The molecule has 2 atom stereocenters. The normalized spacial score (nSPS) is 25.2. The van der Waals surface area contributed by atoms with Crippen molar-refractivity contribution in [3.63, 3.8) is 0 Å². The molecule has 0 radical (unpaired) electrons. The Bertz CT molecular complexity index is 702. The molecular weight excluding hydrogens is 369 g/mol. The molecule has 2 aliphatic rings. The minimum Gasteiger partial charge on any atom is -0.369 e. The van der Waals surface area contributed by atoms with Crippen LogP contribution < -0.4 is 15.5 Å². The molecule has 0 unspecified atom stereocenters. The third kappa shape index (κ3) is 5.05. The number of amides is 1. The van der Waals surface area contributed by atoms with E-state index in [1.165, 1.54) is 0 Å². The summed E-state index contributed by atoms with van der Waals surface area (Å²) in [5, 5.41) is 5.88. The van der Waals surface area contributed by atoms with Crippen LogP contribution in [0, 0.1) is 0 Å². The zero-order valence-electron chi connectivity index (χ0n) is 13.8. The maximum atomic E-state index is 13.2. The summed E-state index contributed by atoms with van der Waals surface area (Å²) in [7, 11) is -2.97. The number of hydrogen-bond donors (Lipinski definition) is 2. The van der Waals surface area contributed by atoms with E-state index in [4.69, 9.17) is 0 Å². The standard InChI is InChI=1S/C16H22FN3O3S.ClH/c17-12-9-13(18-10-12)11-19-16(21)14-3-1-2-4-15(14)20-5-7-24(22,23)8-6-20;/h1-4,12-13,18H,5-11H2,(H,19,21);1H/t12-,13-;/m0./s1. The number of nitrogens with zero attached hydrogens (tertiary/aromatic N) is 1. The minimum absolute atomic E-state index is 0. The SMILES string of the molecule is Cl.O=C(NC[C@@H]1C[C@H](F)CN1)c1ccccc1N1CCS(=O)(=O)CC1. The lowest BCUT2D eigenvalue weighted by molar-refractivity contribution is 0.0950. The maximum Gasteiger partial charge on any atom is 0.253 e. The van der Waals surface area contributed by atoms with Gasteiger partial charge in [-0.25, -0.2) is 12.8 Å². The predicted octanol–water partition coefficient (Wildman–Crippen LogP) is 0.773. The van der Waals surface area contributed by atoms with Gasteiger partial charge in [-0.2, -0.15) is 0 Å². The fourth-order valence-corrected chi connectivity index (χ4v) is 4.33. The monoisotopic (exact) mass is 391 g/mol. The van der Waals surface area contributed by atoms with Crippen molar-refractivity contribution in [2.45, 2.75) is 18.6 Å². The van der Waals surface area contributed by atoms with E-state index in [1.54, 1.807) is 12.1 Å². The molecule has 9 heteroatoms. The van der Waals surface area contributed by atoms with Crippen LogP contribution in [0.25, 0.3) is 0 Å². The Labute approximate surface area is 153 Å². The van der Waals surface area contributed by atoms with Gasteiger partial charge in [0.1, 0.15) is 6.17 Å². The first kappa shape index (κ1) is 19.9. The summed E-state index contributed by atoms with van der Waals surface area (Å²) in [4.78, 5) is 14.4. The van der Waals surface area contributed by atoms with E-state index in [-0.39, 0.29) is 35.9 Å². The number of carbonyl (C=O) groups excluding carboxylic acids is 1. The molecule has 2 aliphatic heterocycles. The molecular formula is C16H23ClFN3O3S. The van der Waals surface area contributed by atoms with E-state index >= 15 is 0 Å². The number of para-hydroxylation sites is 1. The second-order valence-corrected chi connectivity index (χ2v) is 8.61. The number of sulfone groups is 1. The first-order valence-electron chi connectivity index (χ1n) is 8.15. The van der Waals surface area contributed by atoms with E-state index in [2.05, 4.69) is 10.6 Å².